The Hall–Kier alpha value is -3.37. The quantitative estimate of drug-likeness (QED) is 0.265. The van der Waals surface area contributed by atoms with Crippen molar-refractivity contribution in [3.8, 4) is 5.75 Å². The third-order valence-corrected chi connectivity index (χ3v) is 9.72. The van der Waals surface area contributed by atoms with E-state index in [1.54, 1.807) is 43.3 Å². The molecule has 4 rings (SSSR count). The molecule has 0 aromatic heterocycles. The predicted molar refractivity (Wildman–Crippen MR) is 168 cm³/mol. The SMILES string of the molecule is CCOc1ccc(N(CC(=O)N(Cc2cccc(Br)c2)[C@H](C)C(=O)NC2CCCC2)S(=O)(=O)c2ccc(C)cc2)cc1. The summed E-state index contributed by atoms with van der Waals surface area (Å²) in [7, 11) is -4.13. The number of nitrogens with zero attached hydrogens (tertiary/aromatic N) is 2. The van der Waals surface area contributed by atoms with E-state index in [-0.39, 0.29) is 23.4 Å². The summed E-state index contributed by atoms with van der Waals surface area (Å²) in [6.07, 6.45) is 3.96. The van der Waals surface area contributed by atoms with Gasteiger partial charge < -0.3 is 15.0 Å². The number of hydrogen-bond acceptors (Lipinski definition) is 5. The highest BCUT2D eigenvalue weighted by molar-refractivity contribution is 9.10. The van der Waals surface area contributed by atoms with Crippen LogP contribution in [0.5, 0.6) is 5.75 Å². The minimum absolute atomic E-state index is 0.0698. The highest BCUT2D eigenvalue weighted by Crippen LogP contribution is 2.27. The van der Waals surface area contributed by atoms with E-state index in [1.165, 1.54) is 17.0 Å². The summed E-state index contributed by atoms with van der Waals surface area (Å²) in [5, 5.41) is 3.09. The Morgan fingerprint density at radius 1 is 1.02 bits per heavy atom. The summed E-state index contributed by atoms with van der Waals surface area (Å²) in [5.41, 5.74) is 2.05. The topological polar surface area (TPSA) is 96.0 Å². The minimum atomic E-state index is -4.13. The molecule has 3 aromatic rings. The van der Waals surface area contributed by atoms with Crippen LogP contribution in [0.4, 0.5) is 5.69 Å². The first-order valence-corrected chi connectivity index (χ1v) is 16.5. The van der Waals surface area contributed by atoms with Crippen molar-refractivity contribution in [3.05, 3.63) is 88.4 Å². The molecule has 10 heteroatoms. The normalized spacial score (nSPS) is 14.3. The maximum Gasteiger partial charge on any atom is 0.264 e. The fourth-order valence-electron chi connectivity index (χ4n) is 5.05. The lowest BCUT2D eigenvalue weighted by Gasteiger charge is -2.32. The van der Waals surface area contributed by atoms with Crippen molar-refractivity contribution in [3.63, 3.8) is 0 Å². The molecule has 0 spiro atoms. The molecule has 1 aliphatic carbocycles. The monoisotopic (exact) mass is 655 g/mol. The van der Waals surface area contributed by atoms with E-state index in [2.05, 4.69) is 21.2 Å². The van der Waals surface area contributed by atoms with Gasteiger partial charge in [-0.15, -0.1) is 0 Å². The number of benzene rings is 3. The van der Waals surface area contributed by atoms with Gasteiger partial charge in [0.25, 0.3) is 10.0 Å². The zero-order chi connectivity index (χ0) is 30.3. The van der Waals surface area contributed by atoms with Crippen molar-refractivity contribution in [2.45, 2.75) is 70.0 Å². The maximum atomic E-state index is 14.1. The standard InChI is InChI=1S/C32H38BrN3O5S/c1-4-41-29-16-14-28(15-17-29)36(42(39,40)30-18-12-23(2)13-19-30)22-31(37)35(21-25-8-7-9-26(33)20-25)24(3)32(38)34-27-10-5-6-11-27/h7-9,12-20,24,27H,4-6,10-11,21-22H2,1-3H3,(H,34,38)/t24-/m1/s1. The first kappa shape index (κ1) is 31.6. The van der Waals surface area contributed by atoms with Crippen LogP contribution in [0, 0.1) is 6.92 Å². The first-order chi connectivity index (χ1) is 20.1. The van der Waals surface area contributed by atoms with E-state index in [0.29, 0.717) is 18.0 Å². The molecule has 224 valence electrons. The summed E-state index contributed by atoms with van der Waals surface area (Å²) in [4.78, 5) is 29.0. The van der Waals surface area contributed by atoms with Crippen LogP contribution in [-0.4, -0.2) is 50.4 Å². The van der Waals surface area contributed by atoms with Gasteiger partial charge in [-0.05, 0) is 87.7 Å². The van der Waals surface area contributed by atoms with Gasteiger partial charge in [0.2, 0.25) is 11.8 Å². The highest BCUT2D eigenvalue weighted by atomic mass is 79.9. The molecule has 0 unspecified atom stereocenters. The van der Waals surface area contributed by atoms with Gasteiger partial charge >= 0.3 is 0 Å². The van der Waals surface area contributed by atoms with E-state index < -0.39 is 28.5 Å². The number of amides is 2. The van der Waals surface area contributed by atoms with Crippen LogP contribution in [-0.2, 0) is 26.2 Å². The first-order valence-electron chi connectivity index (χ1n) is 14.2. The van der Waals surface area contributed by atoms with Gasteiger partial charge in [0.15, 0.2) is 0 Å². The Bertz CT molecular complexity index is 1470. The number of anilines is 1. The van der Waals surface area contributed by atoms with Crippen LogP contribution in [0.2, 0.25) is 0 Å². The van der Waals surface area contributed by atoms with Crippen LogP contribution in [0.3, 0.4) is 0 Å². The molecule has 0 radical (unpaired) electrons. The third-order valence-electron chi connectivity index (χ3n) is 7.43. The second-order valence-corrected chi connectivity index (χ2v) is 13.3. The number of aryl methyl sites for hydroxylation is 1. The zero-order valence-corrected chi connectivity index (χ0v) is 26.7. The van der Waals surface area contributed by atoms with Gasteiger partial charge in [0.05, 0.1) is 17.2 Å². The number of ether oxygens (including phenoxy) is 1. The summed E-state index contributed by atoms with van der Waals surface area (Å²) in [6, 6.07) is 19.9. The van der Waals surface area contributed by atoms with E-state index in [4.69, 9.17) is 4.74 Å². The van der Waals surface area contributed by atoms with Gasteiger partial charge in [-0.1, -0.05) is 58.6 Å². The maximum absolute atomic E-state index is 14.1. The molecule has 0 heterocycles. The average Bonchev–Trinajstić information content (AvgIpc) is 3.48. The molecular formula is C32H38BrN3O5S. The van der Waals surface area contributed by atoms with E-state index in [0.717, 1.165) is 45.6 Å². The van der Waals surface area contributed by atoms with Crippen molar-refractivity contribution in [2.24, 2.45) is 0 Å². The number of sulfonamides is 1. The fraction of sp³-hybridized carbons (Fsp3) is 0.375. The molecule has 2 amide bonds. The molecule has 0 aliphatic heterocycles. The molecule has 1 saturated carbocycles. The lowest BCUT2D eigenvalue weighted by molar-refractivity contribution is -0.139. The second-order valence-electron chi connectivity index (χ2n) is 10.6. The zero-order valence-electron chi connectivity index (χ0n) is 24.3. The molecule has 1 aliphatic rings. The Labute approximate surface area is 257 Å². The third kappa shape index (κ3) is 7.92. The number of rotatable bonds is 12. The molecule has 8 nitrogen and oxygen atoms in total. The van der Waals surface area contributed by atoms with Crippen molar-refractivity contribution >= 4 is 43.5 Å². The van der Waals surface area contributed by atoms with Crippen LogP contribution < -0.4 is 14.4 Å². The minimum Gasteiger partial charge on any atom is -0.494 e. The summed E-state index contributed by atoms with van der Waals surface area (Å²) in [6.45, 7) is 5.55. The Morgan fingerprint density at radius 3 is 2.31 bits per heavy atom. The number of halogens is 1. The predicted octanol–water partition coefficient (Wildman–Crippen LogP) is 5.83. The van der Waals surface area contributed by atoms with Crippen LogP contribution in [0.25, 0.3) is 0 Å². The highest BCUT2D eigenvalue weighted by Gasteiger charge is 2.33. The van der Waals surface area contributed by atoms with E-state index >= 15 is 0 Å². The van der Waals surface area contributed by atoms with Gasteiger partial charge in [0.1, 0.15) is 18.3 Å². The molecule has 0 saturated heterocycles. The largest absolute Gasteiger partial charge is 0.494 e. The van der Waals surface area contributed by atoms with E-state index in [9.17, 15) is 18.0 Å². The Kier molecular flexibility index (Phi) is 10.7. The van der Waals surface area contributed by atoms with Crippen LogP contribution in [0.15, 0.2) is 82.2 Å². The summed E-state index contributed by atoms with van der Waals surface area (Å²) in [5.74, 6) is -0.151. The second kappa shape index (κ2) is 14.2. The number of carbonyl (C=O) groups excluding carboxylic acids is 2. The molecule has 42 heavy (non-hydrogen) atoms. The van der Waals surface area contributed by atoms with Crippen molar-refractivity contribution in [1.82, 2.24) is 10.2 Å². The Balaban J connectivity index is 1.69. The molecule has 0 bridgehead atoms. The number of hydrogen-bond donors (Lipinski definition) is 1. The molecule has 1 atom stereocenters. The van der Waals surface area contributed by atoms with E-state index in [1.807, 2.05) is 38.1 Å². The molecular weight excluding hydrogens is 618 g/mol. The van der Waals surface area contributed by atoms with Gasteiger partial charge in [0, 0.05) is 17.1 Å². The van der Waals surface area contributed by atoms with Crippen molar-refractivity contribution < 1.29 is 22.7 Å². The average molecular weight is 657 g/mol. The fourth-order valence-corrected chi connectivity index (χ4v) is 6.91. The van der Waals surface area contributed by atoms with Crippen LogP contribution >= 0.6 is 15.9 Å². The van der Waals surface area contributed by atoms with Crippen LogP contribution in [0.1, 0.15) is 50.7 Å². The lowest BCUT2D eigenvalue weighted by Crippen LogP contribution is -2.52. The molecule has 1 fully saturated rings. The van der Waals surface area contributed by atoms with Crippen molar-refractivity contribution in [1.29, 1.82) is 0 Å². The van der Waals surface area contributed by atoms with Crippen molar-refractivity contribution in [2.75, 3.05) is 17.5 Å². The molecule has 3 aromatic carbocycles. The Morgan fingerprint density at radius 2 is 1.69 bits per heavy atom. The van der Waals surface area contributed by atoms with Gasteiger partial charge in [-0.3, -0.25) is 13.9 Å². The smallest absolute Gasteiger partial charge is 0.264 e. The van der Waals surface area contributed by atoms with Gasteiger partial charge in [-0.2, -0.15) is 0 Å². The number of carbonyl (C=O) groups is 2. The number of nitrogens with one attached hydrogen (secondary N) is 1. The molecule has 1 N–H and O–H groups in total. The summed E-state index contributed by atoms with van der Waals surface area (Å²) < 4.78 is 35.5. The lowest BCUT2D eigenvalue weighted by atomic mass is 10.1. The summed E-state index contributed by atoms with van der Waals surface area (Å²) >= 11 is 3.48. The van der Waals surface area contributed by atoms with Gasteiger partial charge in [-0.25, -0.2) is 8.42 Å².